The molecular weight excluding hydrogens is 435 g/mol. The van der Waals surface area contributed by atoms with Crippen molar-refractivity contribution in [3.8, 4) is 0 Å². The zero-order valence-corrected chi connectivity index (χ0v) is 16.7. The van der Waals surface area contributed by atoms with Gasteiger partial charge in [-0.2, -0.15) is 5.10 Å². The van der Waals surface area contributed by atoms with Gasteiger partial charge < -0.3 is 0 Å². The van der Waals surface area contributed by atoms with Crippen molar-refractivity contribution < 1.29 is 17.7 Å². The lowest BCUT2D eigenvalue weighted by Crippen LogP contribution is -2.13. The predicted molar refractivity (Wildman–Crippen MR) is 113 cm³/mol. The lowest BCUT2D eigenvalue weighted by Gasteiger charge is -2.09. The van der Waals surface area contributed by atoms with Crippen LogP contribution >= 0.6 is 11.6 Å². The molecule has 154 valence electrons. The number of hydrogen-bond acceptors (Lipinski definition) is 6. The zero-order chi connectivity index (χ0) is 21.7. The molecule has 0 saturated carbocycles. The maximum Gasteiger partial charge on any atom is 0.295 e. The van der Waals surface area contributed by atoms with Crippen molar-refractivity contribution in [2.75, 3.05) is 10.1 Å². The van der Waals surface area contributed by atoms with E-state index in [1.807, 2.05) is 0 Å². The van der Waals surface area contributed by atoms with Gasteiger partial charge in [0, 0.05) is 11.1 Å². The molecule has 0 radical (unpaired) electrons. The molecule has 0 saturated heterocycles. The molecule has 0 bridgehead atoms. The van der Waals surface area contributed by atoms with Gasteiger partial charge in [0.05, 0.1) is 21.7 Å². The summed E-state index contributed by atoms with van der Waals surface area (Å²) in [5, 5.41) is 15.6. The van der Waals surface area contributed by atoms with E-state index in [-0.39, 0.29) is 16.3 Å². The summed E-state index contributed by atoms with van der Waals surface area (Å²) in [6.07, 6.45) is 1.28. The number of anilines is 2. The maximum absolute atomic E-state index is 13.2. The van der Waals surface area contributed by atoms with Crippen molar-refractivity contribution in [3.05, 3.63) is 93.2 Å². The van der Waals surface area contributed by atoms with E-state index in [4.69, 9.17) is 11.6 Å². The van der Waals surface area contributed by atoms with E-state index in [9.17, 15) is 22.9 Å². The van der Waals surface area contributed by atoms with Crippen LogP contribution in [0.4, 0.5) is 21.5 Å². The van der Waals surface area contributed by atoms with Crippen LogP contribution in [0.3, 0.4) is 0 Å². The predicted octanol–water partition coefficient (Wildman–Crippen LogP) is 4.63. The minimum absolute atomic E-state index is 0.0330. The fourth-order valence-corrected chi connectivity index (χ4v) is 3.71. The number of hydrogen-bond donors (Lipinski definition) is 2. The lowest BCUT2D eigenvalue weighted by atomic mass is 10.2. The number of sulfonamides is 1. The Kier molecular flexibility index (Phi) is 6.28. The molecule has 0 amide bonds. The van der Waals surface area contributed by atoms with Crippen LogP contribution in [0.2, 0.25) is 5.02 Å². The number of rotatable bonds is 7. The third-order valence-corrected chi connectivity index (χ3v) is 5.41. The molecule has 0 fully saturated rings. The van der Waals surface area contributed by atoms with E-state index in [0.717, 1.165) is 6.07 Å². The zero-order valence-electron chi connectivity index (χ0n) is 15.1. The second kappa shape index (κ2) is 8.89. The van der Waals surface area contributed by atoms with Crippen molar-refractivity contribution in [2.24, 2.45) is 5.10 Å². The van der Waals surface area contributed by atoms with Gasteiger partial charge in [-0.15, -0.1) is 0 Å². The van der Waals surface area contributed by atoms with E-state index in [1.54, 1.807) is 18.2 Å². The molecule has 0 spiro atoms. The largest absolute Gasteiger partial charge is 0.295 e. The van der Waals surface area contributed by atoms with Gasteiger partial charge in [-0.25, -0.2) is 12.8 Å². The molecule has 0 aliphatic heterocycles. The van der Waals surface area contributed by atoms with Crippen molar-refractivity contribution in [3.63, 3.8) is 0 Å². The fraction of sp³-hybridized carbons (Fsp3) is 0. The Labute approximate surface area is 176 Å². The molecule has 0 heterocycles. The summed E-state index contributed by atoms with van der Waals surface area (Å²) >= 11 is 5.84. The summed E-state index contributed by atoms with van der Waals surface area (Å²) in [6, 6.07) is 15.0. The lowest BCUT2D eigenvalue weighted by molar-refractivity contribution is -0.384. The van der Waals surface area contributed by atoms with Crippen LogP contribution in [0, 0.1) is 15.9 Å². The number of nitrogens with zero attached hydrogens (tertiary/aromatic N) is 2. The first-order valence-corrected chi connectivity index (χ1v) is 10.2. The van der Waals surface area contributed by atoms with Gasteiger partial charge in [0.1, 0.15) is 11.5 Å². The molecule has 0 unspecified atom stereocenters. The Hall–Kier alpha value is -3.50. The number of nitro benzene ring substituents is 1. The quantitative estimate of drug-likeness (QED) is 0.310. The molecule has 3 aromatic rings. The van der Waals surface area contributed by atoms with Crippen LogP contribution in [0.15, 0.2) is 76.7 Å². The Morgan fingerprint density at radius 3 is 2.53 bits per heavy atom. The van der Waals surface area contributed by atoms with Gasteiger partial charge in [0.25, 0.3) is 15.7 Å². The highest BCUT2D eigenvalue weighted by Gasteiger charge is 2.21. The van der Waals surface area contributed by atoms with E-state index in [2.05, 4.69) is 15.2 Å². The van der Waals surface area contributed by atoms with E-state index >= 15 is 0 Å². The van der Waals surface area contributed by atoms with Crippen molar-refractivity contribution in [2.45, 2.75) is 4.90 Å². The van der Waals surface area contributed by atoms with Crippen LogP contribution < -0.4 is 10.1 Å². The molecule has 2 N–H and O–H groups in total. The average molecular weight is 449 g/mol. The highest BCUT2D eigenvalue weighted by atomic mass is 35.5. The Bertz CT molecular complexity index is 1230. The summed E-state index contributed by atoms with van der Waals surface area (Å²) in [4.78, 5) is 10.4. The smallest absolute Gasteiger partial charge is 0.280 e. The van der Waals surface area contributed by atoms with Crippen LogP contribution in [0.1, 0.15) is 5.56 Å². The first-order valence-electron chi connectivity index (χ1n) is 8.36. The SMILES string of the molecule is O=[N+]([O-])c1cc(S(=O)(=O)Nc2cccc(Cl)c2)ccc1NN=Cc1cccc(F)c1. The summed E-state index contributed by atoms with van der Waals surface area (Å²) in [6.45, 7) is 0. The summed E-state index contributed by atoms with van der Waals surface area (Å²) in [5.74, 6) is -0.452. The Morgan fingerprint density at radius 1 is 1.07 bits per heavy atom. The molecule has 3 aromatic carbocycles. The third kappa shape index (κ3) is 5.31. The first kappa shape index (κ1) is 21.2. The van der Waals surface area contributed by atoms with E-state index in [1.165, 1.54) is 48.7 Å². The molecule has 11 heteroatoms. The second-order valence-electron chi connectivity index (χ2n) is 5.98. The molecular formula is C19H14ClFN4O4S. The van der Waals surface area contributed by atoms with Crippen LogP contribution in [-0.2, 0) is 10.0 Å². The topological polar surface area (TPSA) is 114 Å². The Balaban J connectivity index is 1.85. The minimum Gasteiger partial charge on any atom is -0.280 e. The molecule has 0 aliphatic carbocycles. The normalized spacial score (nSPS) is 11.4. The van der Waals surface area contributed by atoms with Crippen molar-refractivity contribution in [1.29, 1.82) is 0 Å². The first-order chi connectivity index (χ1) is 14.2. The monoisotopic (exact) mass is 448 g/mol. The highest BCUT2D eigenvalue weighted by molar-refractivity contribution is 7.92. The number of nitrogens with one attached hydrogen (secondary N) is 2. The van der Waals surface area contributed by atoms with E-state index < -0.39 is 26.5 Å². The van der Waals surface area contributed by atoms with E-state index in [0.29, 0.717) is 10.6 Å². The second-order valence-corrected chi connectivity index (χ2v) is 8.10. The number of nitro groups is 1. The fourth-order valence-electron chi connectivity index (χ4n) is 2.45. The standard InChI is InChI=1S/C19H14ClFN4O4S/c20-14-4-2-6-16(10-14)24-30(28,29)17-7-8-18(19(11-17)25(26)27)23-22-12-13-3-1-5-15(21)9-13/h1-12,23-24H. The van der Waals surface area contributed by atoms with Crippen LogP contribution in [0.5, 0.6) is 0 Å². The molecule has 3 rings (SSSR count). The minimum atomic E-state index is -4.09. The van der Waals surface area contributed by atoms with Gasteiger partial charge in [0.15, 0.2) is 0 Å². The highest BCUT2D eigenvalue weighted by Crippen LogP contribution is 2.29. The van der Waals surface area contributed by atoms with Crippen LogP contribution in [0.25, 0.3) is 0 Å². The van der Waals surface area contributed by atoms with Crippen LogP contribution in [-0.4, -0.2) is 19.6 Å². The Morgan fingerprint density at radius 2 is 1.83 bits per heavy atom. The van der Waals surface area contributed by atoms with Gasteiger partial charge >= 0.3 is 0 Å². The third-order valence-electron chi connectivity index (χ3n) is 3.80. The van der Waals surface area contributed by atoms with Gasteiger partial charge in [-0.05, 0) is 48.0 Å². The molecule has 0 aliphatic rings. The summed E-state index contributed by atoms with van der Waals surface area (Å²) in [7, 11) is -4.09. The summed E-state index contributed by atoms with van der Waals surface area (Å²) < 4.78 is 40.6. The van der Waals surface area contributed by atoms with Crippen molar-refractivity contribution >= 4 is 44.9 Å². The molecule has 0 atom stereocenters. The van der Waals surface area contributed by atoms with Gasteiger partial charge in [0.2, 0.25) is 0 Å². The number of halogens is 2. The van der Waals surface area contributed by atoms with Crippen molar-refractivity contribution in [1.82, 2.24) is 0 Å². The molecule has 0 aromatic heterocycles. The number of hydrazone groups is 1. The van der Waals surface area contributed by atoms with Gasteiger partial charge in [-0.3, -0.25) is 20.3 Å². The molecule has 8 nitrogen and oxygen atoms in total. The van der Waals surface area contributed by atoms with Gasteiger partial charge in [-0.1, -0.05) is 29.8 Å². The molecule has 30 heavy (non-hydrogen) atoms. The summed E-state index contributed by atoms with van der Waals surface area (Å²) in [5.41, 5.74) is 2.59. The maximum atomic E-state index is 13.2. The number of benzene rings is 3. The average Bonchev–Trinajstić information content (AvgIpc) is 2.67.